The van der Waals surface area contributed by atoms with Gasteiger partial charge in [0.1, 0.15) is 29.5 Å². The number of carbonyl (C=O) groups is 2. The highest BCUT2D eigenvalue weighted by molar-refractivity contribution is 5.96. The maximum atomic E-state index is 15.3. The van der Waals surface area contributed by atoms with Crippen LogP contribution < -0.4 is 20.3 Å². The Hall–Kier alpha value is -3.95. The molecule has 36 heavy (non-hydrogen) atoms. The number of benzene rings is 1. The van der Waals surface area contributed by atoms with E-state index in [1.807, 2.05) is 0 Å². The lowest BCUT2D eigenvalue weighted by Gasteiger charge is -2.32. The number of anilines is 2. The fourth-order valence-electron chi connectivity index (χ4n) is 4.12. The number of rotatable bonds is 3. The van der Waals surface area contributed by atoms with Crippen LogP contribution in [-0.2, 0) is 4.74 Å². The molecule has 10 heteroatoms. The standard InChI is InChI=1S/C26H28FN5O4/c1-14-19(13-29-23-22(14)32(7-8-35-23)25(34)36-26(2,3)4)18-9-15-11-21(28-12-16(15)10-20(18)27)31-24(33)30-17-5-6-17/h9-13,17H,5-8H2,1-4H3,(H2,28,30,31,33). The number of hydrogen-bond donors (Lipinski definition) is 2. The van der Waals surface area contributed by atoms with Gasteiger partial charge in [-0.1, -0.05) is 0 Å². The van der Waals surface area contributed by atoms with Gasteiger partial charge in [0, 0.05) is 34.9 Å². The molecule has 3 aromatic rings. The van der Waals surface area contributed by atoms with Gasteiger partial charge in [0.15, 0.2) is 0 Å². The lowest BCUT2D eigenvalue weighted by atomic mass is 9.98. The minimum Gasteiger partial charge on any atom is -0.474 e. The highest BCUT2D eigenvalue weighted by Gasteiger charge is 2.32. The van der Waals surface area contributed by atoms with Crippen molar-refractivity contribution < 1.29 is 23.5 Å². The first-order valence-electron chi connectivity index (χ1n) is 11.9. The zero-order chi connectivity index (χ0) is 25.6. The average molecular weight is 494 g/mol. The molecule has 1 aromatic carbocycles. The van der Waals surface area contributed by atoms with Crippen molar-refractivity contribution in [2.75, 3.05) is 23.4 Å². The van der Waals surface area contributed by atoms with Crippen molar-refractivity contribution in [2.45, 2.75) is 52.2 Å². The molecule has 188 valence electrons. The third-order valence-corrected chi connectivity index (χ3v) is 5.96. The van der Waals surface area contributed by atoms with Crippen LogP contribution in [0.25, 0.3) is 21.9 Å². The maximum absolute atomic E-state index is 15.3. The van der Waals surface area contributed by atoms with E-state index < -0.39 is 17.5 Å². The number of urea groups is 1. The van der Waals surface area contributed by atoms with Crippen LogP contribution in [0.15, 0.2) is 30.6 Å². The number of aromatic nitrogens is 2. The molecule has 1 aliphatic heterocycles. The Labute approximate surface area is 208 Å². The molecule has 2 aliphatic rings. The van der Waals surface area contributed by atoms with Crippen LogP contribution in [0.1, 0.15) is 39.2 Å². The van der Waals surface area contributed by atoms with Crippen molar-refractivity contribution in [1.82, 2.24) is 15.3 Å². The van der Waals surface area contributed by atoms with E-state index in [0.717, 1.165) is 12.8 Å². The molecular formula is C26H28FN5O4. The van der Waals surface area contributed by atoms with Crippen LogP contribution in [0.4, 0.5) is 25.5 Å². The van der Waals surface area contributed by atoms with E-state index in [0.29, 0.717) is 44.8 Å². The van der Waals surface area contributed by atoms with Crippen LogP contribution in [0, 0.1) is 12.7 Å². The van der Waals surface area contributed by atoms with Crippen LogP contribution >= 0.6 is 0 Å². The number of carbonyl (C=O) groups excluding carboxylic acids is 2. The van der Waals surface area contributed by atoms with Gasteiger partial charge in [0.2, 0.25) is 5.88 Å². The normalized spacial score (nSPS) is 15.2. The van der Waals surface area contributed by atoms with E-state index in [4.69, 9.17) is 9.47 Å². The predicted octanol–water partition coefficient (Wildman–Crippen LogP) is 5.16. The molecule has 0 atom stereocenters. The molecule has 0 radical (unpaired) electrons. The molecule has 1 saturated carbocycles. The number of ether oxygens (including phenoxy) is 2. The van der Waals surface area contributed by atoms with Gasteiger partial charge in [0.05, 0.1) is 6.54 Å². The molecule has 3 amide bonds. The van der Waals surface area contributed by atoms with E-state index >= 15 is 4.39 Å². The Kier molecular flexibility index (Phi) is 5.89. The summed E-state index contributed by atoms with van der Waals surface area (Å²) in [6, 6.07) is 4.68. The third-order valence-electron chi connectivity index (χ3n) is 5.96. The van der Waals surface area contributed by atoms with E-state index in [2.05, 4.69) is 20.6 Å². The summed E-state index contributed by atoms with van der Waals surface area (Å²) >= 11 is 0. The molecule has 2 aromatic heterocycles. The number of pyridine rings is 2. The molecule has 3 heterocycles. The summed E-state index contributed by atoms with van der Waals surface area (Å²) in [5.74, 6) is 0.205. The quantitative estimate of drug-likeness (QED) is 0.522. The topological polar surface area (TPSA) is 106 Å². The largest absolute Gasteiger partial charge is 0.474 e. The predicted molar refractivity (Wildman–Crippen MR) is 134 cm³/mol. The van der Waals surface area contributed by atoms with Gasteiger partial charge in [-0.2, -0.15) is 0 Å². The van der Waals surface area contributed by atoms with E-state index in [-0.39, 0.29) is 25.2 Å². The fraction of sp³-hybridized carbons (Fsp3) is 0.385. The molecule has 0 saturated heterocycles. The molecule has 2 N–H and O–H groups in total. The van der Waals surface area contributed by atoms with E-state index in [1.165, 1.54) is 17.2 Å². The molecule has 0 unspecified atom stereocenters. The van der Waals surface area contributed by atoms with Crippen LogP contribution in [0.3, 0.4) is 0 Å². The Morgan fingerprint density at radius 3 is 2.61 bits per heavy atom. The Bertz CT molecular complexity index is 1370. The number of halogens is 1. The first-order chi connectivity index (χ1) is 17.1. The first-order valence-corrected chi connectivity index (χ1v) is 11.9. The van der Waals surface area contributed by atoms with Crippen molar-refractivity contribution in [3.63, 3.8) is 0 Å². The summed E-state index contributed by atoms with van der Waals surface area (Å²) in [4.78, 5) is 35.1. The van der Waals surface area contributed by atoms with Gasteiger partial charge in [-0.05, 0) is 69.7 Å². The average Bonchev–Trinajstić information content (AvgIpc) is 3.61. The Morgan fingerprint density at radius 1 is 1.11 bits per heavy atom. The van der Waals surface area contributed by atoms with Gasteiger partial charge in [0.25, 0.3) is 0 Å². The van der Waals surface area contributed by atoms with Gasteiger partial charge < -0.3 is 14.8 Å². The lowest BCUT2D eigenvalue weighted by Crippen LogP contribution is -2.42. The molecule has 9 nitrogen and oxygen atoms in total. The molecule has 0 spiro atoms. The maximum Gasteiger partial charge on any atom is 0.415 e. The van der Waals surface area contributed by atoms with Crippen molar-refractivity contribution in [2.24, 2.45) is 0 Å². The molecular weight excluding hydrogens is 465 g/mol. The van der Waals surface area contributed by atoms with Crippen LogP contribution in [0.5, 0.6) is 5.88 Å². The van der Waals surface area contributed by atoms with Crippen molar-refractivity contribution in [3.8, 4) is 17.0 Å². The summed E-state index contributed by atoms with van der Waals surface area (Å²) < 4.78 is 26.5. The summed E-state index contributed by atoms with van der Waals surface area (Å²) in [6.45, 7) is 7.76. The second-order valence-electron chi connectivity index (χ2n) is 10.1. The number of nitrogens with one attached hydrogen (secondary N) is 2. The minimum atomic E-state index is -0.672. The van der Waals surface area contributed by atoms with Gasteiger partial charge in [-0.15, -0.1) is 0 Å². The number of fused-ring (bicyclic) bond motifs is 2. The highest BCUT2D eigenvalue weighted by atomic mass is 19.1. The minimum absolute atomic E-state index is 0.217. The van der Waals surface area contributed by atoms with Gasteiger partial charge in [-0.25, -0.2) is 23.9 Å². The van der Waals surface area contributed by atoms with Gasteiger partial charge >= 0.3 is 12.1 Å². The number of nitrogens with zero attached hydrogens (tertiary/aromatic N) is 3. The summed E-state index contributed by atoms with van der Waals surface area (Å²) in [5, 5.41) is 6.86. The second-order valence-corrected chi connectivity index (χ2v) is 10.1. The molecule has 5 rings (SSSR count). The summed E-state index contributed by atoms with van der Waals surface area (Å²) in [7, 11) is 0. The third kappa shape index (κ3) is 4.89. The van der Waals surface area contributed by atoms with Crippen molar-refractivity contribution in [1.29, 1.82) is 0 Å². The molecule has 1 aliphatic carbocycles. The number of amides is 3. The zero-order valence-electron chi connectivity index (χ0n) is 20.6. The van der Waals surface area contributed by atoms with Gasteiger partial charge in [-0.3, -0.25) is 10.2 Å². The SMILES string of the molecule is Cc1c(-c2cc3cc(NC(=O)NC4CC4)ncc3cc2F)cnc2c1N(C(=O)OC(C)(C)C)CCO2. The summed E-state index contributed by atoms with van der Waals surface area (Å²) in [5.41, 5.74) is 1.25. The zero-order valence-corrected chi connectivity index (χ0v) is 20.6. The fourth-order valence-corrected chi connectivity index (χ4v) is 4.12. The highest BCUT2D eigenvalue weighted by Crippen LogP contribution is 2.40. The van der Waals surface area contributed by atoms with Crippen LogP contribution in [-0.4, -0.2) is 46.9 Å². The van der Waals surface area contributed by atoms with E-state index in [9.17, 15) is 9.59 Å². The Balaban J connectivity index is 1.51. The van der Waals surface area contributed by atoms with Crippen molar-refractivity contribution >= 4 is 34.4 Å². The smallest absolute Gasteiger partial charge is 0.415 e. The Morgan fingerprint density at radius 2 is 1.89 bits per heavy atom. The number of hydrogen-bond acceptors (Lipinski definition) is 6. The molecule has 1 fully saturated rings. The molecule has 0 bridgehead atoms. The lowest BCUT2D eigenvalue weighted by molar-refractivity contribution is 0.0566. The van der Waals surface area contributed by atoms with E-state index in [1.54, 1.807) is 46.0 Å². The summed E-state index contributed by atoms with van der Waals surface area (Å²) in [6.07, 6.45) is 4.50. The first kappa shape index (κ1) is 23.8. The van der Waals surface area contributed by atoms with Crippen molar-refractivity contribution in [3.05, 3.63) is 42.0 Å². The monoisotopic (exact) mass is 493 g/mol. The second kappa shape index (κ2) is 8.92. The van der Waals surface area contributed by atoms with Crippen LogP contribution in [0.2, 0.25) is 0 Å².